The smallest absolute Gasteiger partial charge is 0.295 e. The zero-order chi connectivity index (χ0) is 21.1. The van der Waals surface area contributed by atoms with Crippen molar-refractivity contribution in [3.05, 3.63) is 65.0 Å². The largest absolute Gasteiger partial charge is 0.507 e. The third kappa shape index (κ3) is 4.00. The van der Waals surface area contributed by atoms with Crippen LogP contribution >= 0.6 is 0 Å². The first-order valence-electron chi connectivity index (χ1n) is 9.33. The number of nitrogens with zero attached hydrogens (tertiary/aromatic N) is 3. The van der Waals surface area contributed by atoms with Gasteiger partial charge in [-0.3, -0.25) is 14.6 Å². The third-order valence-electron chi connectivity index (χ3n) is 5.04. The second-order valence-corrected chi connectivity index (χ2v) is 7.26. The molecule has 2 heterocycles. The standard InChI is InChI=1S/C22H25N3O4/c1-14-13-16(29-4)5-6-17(14)20(26)18-19(15-7-9-23-10-8-15)25(12-11-24(2)3)22(28)21(18)27/h5-10,13,19,26H,11-12H2,1-4H3. The van der Waals surface area contributed by atoms with Crippen LogP contribution in [-0.2, 0) is 9.59 Å². The Labute approximate surface area is 170 Å². The molecule has 0 spiro atoms. The van der Waals surface area contributed by atoms with Crippen molar-refractivity contribution < 1.29 is 19.4 Å². The minimum Gasteiger partial charge on any atom is -0.507 e. The summed E-state index contributed by atoms with van der Waals surface area (Å²) >= 11 is 0. The Balaban J connectivity index is 2.15. The molecule has 7 heteroatoms. The first kappa shape index (κ1) is 20.5. The number of likely N-dealkylation sites (N-methyl/N-ethyl adjacent to an activating group) is 1. The van der Waals surface area contributed by atoms with Gasteiger partial charge in [0.2, 0.25) is 0 Å². The van der Waals surface area contributed by atoms with Crippen LogP contribution in [0.4, 0.5) is 0 Å². The maximum Gasteiger partial charge on any atom is 0.295 e. The normalized spacial score (nSPS) is 18.5. The van der Waals surface area contributed by atoms with Crippen molar-refractivity contribution in [1.29, 1.82) is 0 Å². The van der Waals surface area contributed by atoms with E-state index in [0.717, 1.165) is 11.1 Å². The summed E-state index contributed by atoms with van der Waals surface area (Å²) in [5, 5.41) is 11.1. The van der Waals surface area contributed by atoms with E-state index in [1.165, 1.54) is 4.90 Å². The topological polar surface area (TPSA) is 83.0 Å². The fourth-order valence-corrected chi connectivity index (χ4v) is 3.48. The summed E-state index contributed by atoms with van der Waals surface area (Å²) in [7, 11) is 5.37. The lowest BCUT2D eigenvalue weighted by Gasteiger charge is -2.26. The number of Topliss-reactive ketones (excluding diaryl/α,β-unsaturated/α-hetero) is 1. The summed E-state index contributed by atoms with van der Waals surface area (Å²) in [5.74, 6) is -0.825. The lowest BCUT2D eigenvalue weighted by atomic mass is 9.94. The second-order valence-electron chi connectivity index (χ2n) is 7.26. The zero-order valence-electron chi connectivity index (χ0n) is 17.0. The predicted molar refractivity (Wildman–Crippen MR) is 110 cm³/mol. The number of hydrogen-bond acceptors (Lipinski definition) is 6. The number of aliphatic hydroxyl groups excluding tert-OH is 1. The number of amides is 1. The summed E-state index contributed by atoms with van der Waals surface area (Å²) in [5.41, 5.74) is 2.06. The monoisotopic (exact) mass is 395 g/mol. The van der Waals surface area contributed by atoms with Crippen molar-refractivity contribution in [2.75, 3.05) is 34.3 Å². The van der Waals surface area contributed by atoms with E-state index in [2.05, 4.69) is 4.98 Å². The lowest BCUT2D eigenvalue weighted by molar-refractivity contribution is -0.140. The number of benzene rings is 1. The van der Waals surface area contributed by atoms with Crippen LogP contribution in [-0.4, -0.2) is 65.9 Å². The number of likely N-dealkylation sites (tertiary alicyclic amines) is 1. The molecule has 1 aliphatic heterocycles. The van der Waals surface area contributed by atoms with Gasteiger partial charge in [-0.15, -0.1) is 0 Å². The molecule has 29 heavy (non-hydrogen) atoms. The molecule has 1 aromatic heterocycles. The molecular formula is C22H25N3O4. The third-order valence-corrected chi connectivity index (χ3v) is 5.04. The van der Waals surface area contributed by atoms with Gasteiger partial charge in [-0.05, 0) is 62.5 Å². The van der Waals surface area contributed by atoms with E-state index in [-0.39, 0.29) is 11.3 Å². The Morgan fingerprint density at radius 2 is 1.90 bits per heavy atom. The van der Waals surface area contributed by atoms with Crippen LogP contribution in [0.5, 0.6) is 5.75 Å². The second kappa shape index (κ2) is 8.45. The molecule has 1 atom stereocenters. The molecule has 7 nitrogen and oxygen atoms in total. The van der Waals surface area contributed by atoms with Gasteiger partial charge in [-0.1, -0.05) is 0 Å². The first-order valence-corrected chi connectivity index (χ1v) is 9.33. The van der Waals surface area contributed by atoms with E-state index < -0.39 is 17.7 Å². The zero-order valence-corrected chi connectivity index (χ0v) is 17.0. The Kier molecular flexibility index (Phi) is 5.98. The van der Waals surface area contributed by atoms with Crippen LogP contribution in [0.1, 0.15) is 22.7 Å². The van der Waals surface area contributed by atoms with Gasteiger partial charge in [0.25, 0.3) is 11.7 Å². The molecule has 1 N–H and O–H groups in total. The van der Waals surface area contributed by atoms with Gasteiger partial charge in [0.1, 0.15) is 11.5 Å². The molecule has 0 radical (unpaired) electrons. The van der Waals surface area contributed by atoms with Crippen LogP contribution in [0.3, 0.4) is 0 Å². The molecule has 3 rings (SSSR count). The molecule has 0 bridgehead atoms. The average Bonchev–Trinajstić information content (AvgIpc) is 2.97. The highest BCUT2D eigenvalue weighted by atomic mass is 16.5. The van der Waals surface area contributed by atoms with Crippen LogP contribution in [0.25, 0.3) is 5.76 Å². The van der Waals surface area contributed by atoms with Crippen LogP contribution in [0.15, 0.2) is 48.3 Å². The van der Waals surface area contributed by atoms with E-state index in [9.17, 15) is 14.7 Å². The van der Waals surface area contributed by atoms with E-state index in [0.29, 0.717) is 24.4 Å². The molecule has 1 fully saturated rings. The first-order chi connectivity index (χ1) is 13.8. The van der Waals surface area contributed by atoms with E-state index in [4.69, 9.17) is 4.74 Å². The van der Waals surface area contributed by atoms with Crippen LogP contribution in [0, 0.1) is 6.92 Å². The maximum atomic E-state index is 12.9. The lowest BCUT2D eigenvalue weighted by Crippen LogP contribution is -2.35. The number of methoxy groups -OCH3 is 1. The van der Waals surface area contributed by atoms with Gasteiger partial charge in [0.15, 0.2) is 0 Å². The summed E-state index contributed by atoms with van der Waals surface area (Å²) in [6.45, 7) is 2.78. The highest BCUT2D eigenvalue weighted by molar-refractivity contribution is 6.46. The van der Waals surface area contributed by atoms with Crippen molar-refractivity contribution in [2.24, 2.45) is 0 Å². The highest BCUT2D eigenvalue weighted by Gasteiger charge is 2.46. The summed E-state index contributed by atoms with van der Waals surface area (Å²) in [6, 6.07) is 8.03. The van der Waals surface area contributed by atoms with Gasteiger partial charge in [-0.2, -0.15) is 0 Å². The minimum atomic E-state index is -0.682. The number of rotatable bonds is 6. The molecule has 0 saturated carbocycles. The van der Waals surface area contributed by atoms with Gasteiger partial charge in [-0.25, -0.2) is 0 Å². The van der Waals surface area contributed by atoms with E-state index in [1.54, 1.807) is 49.8 Å². The Bertz CT molecular complexity index is 954. The van der Waals surface area contributed by atoms with Gasteiger partial charge < -0.3 is 19.6 Å². The number of pyridine rings is 1. The number of carbonyl (C=O) groups excluding carboxylic acids is 2. The number of aromatic nitrogens is 1. The number of ether oxygens (including phenoxy) is 1. The number of aryl methyl sites for hydroxylation is 1. The molecule has 1 unspecified atom stereocenters. The average molecular weight is 395 g/mol. The fourth-order valence-electron chi connectivity index (χ4n) is 3.48. The van der Waals surface area contributed by atoms with E-state index in [1.807, 2.05) is 25.9 Å². The van der Waals surface area contributed by atoms with Crippen molar-refractivity contribution in [2.45, 2.75) is 13.0 Å². The molecule has 1 aliphatic rings. The van der Waals surface area contributed by atoms with Gasteiger partial charge >= 0.3 is 0 Å². The fraction of sp³-hybridized carbons (Fsp3) is 0.318. The SMILES string of the molecule is COc1ccc(C(O)=C2C(=O)C(=O)N(CCN(C)C)C2c2ccncc2)c(C)c1. The molecule has 2 aromatic rings. The van der Waals surface area contributed by atoms with Gasteiger partial charge in [0, 0.05) is 31.0 Å². The van der Waals surface area contributed by atoms with Crippen LogP contribution in [0.2, 0.25) is 0 Å². The molecule has 152 valence electrons. The highest BCUT2D eigenvalue weighted by Crippen LogP contribution is 2.39. The van der Waals surface area contributed by atoms with E-state index >= 15 is 0 Å². The summed E-state index contributed by atoms with van der Waals surface area (Å²) < 4.78 is 5.22. The Morgan fingerprint density at radius 1 is 1.21 bits per heavy atom. The molecule has 1 saturated heterocycles. The summed E-state index contributed by atoms with van der Waals surface area (Å²) in [6.07, 6.45) is 3.22. The quantitative estimate of drug-likeness (QED) is 0.459. The number of hydrogen-bond donors (Lipinski definition) is 1. The van der Waals surface area contributed by atoms with Crippen LogP contribution < -0.4 is 4.74 Å². The van der Waals surface area contributed by atoms with Crippen molar-refractivity contribution in [3.63, 3.8) is 0 Å². The maximum absolute atomic E-state index is 12.9. The molecule has 1 amide bonds. The summed E-state index contributed by atoms with van der Waals surface area (Å²) in [4.78, 5) is 33.2. The van der Waals surface area contributed by atoms with Crippen molar-refractivity contribution >= 4 is 17.4 Å². The minimum absolute atomic E-state index is 0.0909. The predicted octanol–water partition coefficient (Wildman–Crippen LogP) is 2.38. The number of ketones is 1. The Hall–Kier alpha value is -3.19. The van der Waals surface area contributed by atoms with Crippen molar-refractivity contribution in [3.8, 4) is 5.75 Å². The molecular weight excluding hydrogens is 370 g/mol. The molecule has 1 aromatic carbocycles. The number of aliphatic hydroxyl groups is 1. The van der Waals surface area contributed by atoms with Crippen molar-refractivity contribution in [1.82, 2.24) is 14.8 Å². The van der Waals surface area contributed by atoms with Gasteiger partial charge in [0.05, 0.1) is 18.7 Å². The number of carbonyl (C=O) groups is 2. The molecule has 0 aliphatic carbocycles. The Morgan fingerprint density at radius 3 is 2.48 bits per heavy atom.